The molecule has 9 nitrogen and oxygen atoms in total. The van der Waals surface area contributed by atoms with Gasteiger partial charge in [0.15, 0.2) is 11.6 Å². The van der Waals surface area contributed by atoms with E-state index < -0.39 is 63.2 Å². The largest absolute Gasteiger partial charge is 0.507 e. The molecule has 13 heteroatoms. The Morgan fingerprint density at radius 2 is 1.78 bits per heavy atom. The smallest absolute Gasteiger partial charge is 0.410 e. The molecule has 2 saturated heterocycles. The fourth-order valence-corrected chi connectivity index (χ4v) is 7.18. The molecule has 0 aliphatic carbocycles. The molecule has 0 unspecified atom stereocenters. The number of hydrogen-bond acceptors (Lipinski definition) is 8. The van der Waals surface area contributed by atoms with Gasteiger partial charge in [0, 0.05) is 18.7 Å². The molecule has 0 spiro atoms. The summed E-state index contributed by atoms with van der Waals surface area (Å²) in [5, 5.41) is 19.7. The Labute approximate surface area is 269 Å². The van der Waals surface area contributed by atoms with Crippen molar-refractivity contribution in [2.75, 3.05) is 39.4 Å². The molecule has 2 aromatic carbocycles. The first kappa shape index (κ1) is 32.3. The lowest BCUT2D eigenvalue weighted by atomic mass is 9.93. The fourth-order valence-electron chi connectivity index (χ4n) is 6.91. The van der Waals surface area contributed by atoms with Crippen molar-refractivity contribution in [1.82, 2.24) is 19.8 Å². The van der Waals surface area contributed by atoms with E-state index in [1.54, 1.807) is 20.8 Å². The predicted molar refractivity (Wildman–Crippen MR) is 166 cm³/mol. The minimum absolute atomic E-state index is 0.0421. The number of aromatic nitrogens is 2. The third kappa shape index (κ3) is 5.75. The van der Waals surface area contributed by atoms with Gasteiger partial charge in [-0.25, -0.2) is 18.0 Å². The second-order valence-corrected chi connectivity index (χ2v) is 13.5. The molecule has 46 heavy (non-hydrogen) atoms. The Kier molecular flexibility index (Phi) is 8.58. The van der Waals surface area contributed by atoms with Gasteiger partial charge in [-0.15, -0.1) is 0 Å². The zero-order valence-corrected chi connectivity index (χ0v) is 26.7. The number of carbonyl (C=O) groups is 1. The number of hydrogen-bond donors (Lipinski definition) is 2. The summed E-state index contributed by atoms with van der Waals surface area (Å²) in [6.45, 7) is 6.94. The van der Waals surface area contributed by atoms with Crippen molar-refractivity contribution in [3.63, 3.8) is 0 Å². The molecule has 0 radical (unpaired) electrons. The quantitative estimate of drug-likeness (QED) is 0.290. The molecule has 0 atom stereocenters. The number of ether oxygens (including phenoxy) is 2. The summed E-state index contributed by atoms with van der Waals surface area (Å²) < 4.78 is 59.5. The Morgan fingerprint density at radius 3 is 2.43 bits per heavy atom. The fraction of sp³-hybridized carbons (Fsp3) is 0.485. The number of halogens is 4. The molecule has 4 heterocycles. The van der Waals surface area contributed by atoms with Gasteiger partial charge in [0.2, 0.25) is 0 Å². The van der Waals surface area contributed by atoms with E-state index in [-0.39, 0.29) is 48.7 Å². The Bertz CT molecular complexity index is 1710. The summed E-state index contributed by atoms with van der Waals surface area (Å²) in [6, 6.07) is 3.14. The van der Waals surface area contributed by atoms with Gasteiger partial charge in [0.1, 0.15) is 29.3 Å². The lowest BCUT2D eigenvalue weighted by Gasteiger charge is -2.33. The van der Waals surface area contributed by atoms with Gasteiger partial charge < -0.3 is 24.6 Å². The number of aromatic hydroxyl groups is 1. The topological polar surface area (TPSA) is 108 Å². The maximum absolute atomic E-state index is 16.5. The maximum atomic E-state index is 16.5. The number of amides is 1. The van der Waals surface area contributed by atoms with Crippen LogP contribution in [0, 0.1) is 17.5 Å². The van der Waals surface area contributed by atoms with Crippen LogP contribution in [-0.2, 0) is 4.74 Å². The Morgan fingerprint density at radius 1 is 1.07 bits per heavy atom. The second kappa shape index (κ2) is 12.2. The molecule has 3 aliphatic heterocycles. The van der Waals surface area contributed by atoms with Crippen LogP contribution >= 0.6 is 11.6 Å². The van der Waals surface area contributed by atoms with Gasteiger partial charge in [-0.05, 0) is 89.2 Å². The van der Waals surface area contributed by atoms with Gasteiger partial charge in [0.05, 0.1) is 33.8 Å². The number of fused-ring (bicyclic) bond motifs is 2. The first-order valence-corrected chi connectivity index (χ1v) is 15.8. The molecule has 246 valence electrons. The zero-order valence-electron chi connectivity index (χ0n) is 25.9. The number of aliphatic hydroxyl groups excluding tert-OH is 1. The highest BCUT2D eigenvalue weighted by Crippen LogP contribution is 2.45. The monoisotopic (exact) mass is 660 g/mol. The number of phenolic OH excluding ortho intramolecular Hbond substituents is 1. The van der Waals surface area contributed by atoms with Crippen LogP contribution in [-0.4, -0.2) is 86.6 Å². The van der Waals surface area contributed by atoms with Crippen LogP contribution in [0.3, 0.4) is 0 Å². The van der Waals surface area contributed by atoms with Crippen molar-refractivity contribution in [2.45, 2.75) is 64.0 Å². The van der Waals surface area contributed by atoms with E-state index in [4.69, 9.17) is 21.1 Å². The summed E-state index contributed by atoms with van der Waals surface area (Å²) in [5.74, 6) is -3.94. The second-order valence-electron chi connectivity index (χ2n) is 13.1. The van der Waals surface area contributed by atoms with Crippen molar-refractivity contribution in [3.8, 4) is 22.9 Å². The average Bonchev–Trinajstić information content (AvgIpc) is 3.59. The van der Waals surface area contributed by atoms with Crippen LogP contribution in [0.15, 0.2) is 23.8 Å². The summed E-state index contributed by atoms with van der Waals surface area (Å²) in [6.07, 6.45) is 3.41. The van der Waals surface area contributed by atoms with Gasteiger partial charge in [-0.3, -0.25) is 4.90 Å². The molecule has 3 aliphatic rings. The zero-order chi connectivity index (χ0) is 33.0. The first-order chi connectivity index (χ1) is 21.8. The highest BCUT2D eigenvalue weighted by Gasteiger charge is 2.45. The van der Waals surface area contributed by atoms with Crippen LogP contribution < -0.4 is 4.74 Å². The Balaban J connectivity index is 1.51. The van der Waals surface area contributed by atoms with Crippen LogP contribution in [0.5, 0.6) is 11.8 Å². The molecular formula is C33H36ClF3N4O5. The van der Waals surface area contributed by atoms with E-state index in [1.165, 1.54) is 11.0 Å². The van der Waals surface area contributed by atoms with Crippen molar-refractivity contribution in [1.29, 1.82) is 0 Å². The molecular weight excluding hydrogens is 625 g/mol. The summed E-state index contributed by atoms with van der Waals surface area (Å²) in [5.41, 5.74) is -2.12. The third-order valence-corrected chi connectivity index (χ3v) is 9.39. The molecule has 0 bridgehead atoms. The molecule has 2 fully saturated rings. The van der Waals surface area contributed by atoms with Crippen molar-refractivity contribution in [3.05, 3.63) is 51.9 Å². The van der Waals surface area contributed by atoms with Crippen LogP contribution in [0.2, 0.25) is 5.02 Å². The van der Waals surface area contributed by atoms with E-state index in [2.05, 4.69) is 14.9 Å². The minimum atomic E-state index is -1.17. The maximum Gasteiger partial charge on any atom is 0.410 e. The minimum Gasteiger partial charge on any atom is -0.507 e. The summed E-state index contributed by atoms with van der Waals surface area (Å²) >= 11 is 6.39. The van der Waals surface area contributed by atoms with Crippen molar-refractivity contribution >= 4 is 34.2 Å². The van der Waals surface area contributed by atoms with E-state index in [1.807, 2.05) is 0 Å². The van der Waals surface area contributed by atoms with E-state index in [0.717, 1.165) is 50.9 Å². The highest BCUT2D eigenvalue weighted by molar-refractivity contribution is 6.34. The van der Waals surface area contributed by atoms with Crippen LogP contribution in [0.4, 0.5) is 18.0 Å². The van der Waals surface area contributed by atoms with Gasteiger partial charge in [-0.2, -0.15) is 9.97 Å². The lowest BCUT2D eigenvalue weighted by molar-refractivity contribution is 0.0260. The van der Waals surface area contributed by atoms with E-state index >= 15 is 8.78 Å². The number of carbonyl (C=O) groups excluding carboxylic acids is 1. The number of nitrogens with zero attached hydrogens (tertiary/aromatic N) is 4. The Hall–Kier alpha value is -3.61. The van der Waals surface area contributed by atoms with E-state index in [0.29, 0.717) is 11.1 Å². The standard InChI is InChI=1S/C33H36ClF3N4O5/c1-32(2,3)46-31(44)40-14-9-19(18(15-40)16-42)28-24-26(36)25(34)23(22-20(35)7-4-8-21(22)43)27(37)29(24)39-30(38-28)45-17-33-10-5-12-41(33)13-6-11-33/h4,7-8,42-43H,5-6,9-17H2,1-3H3. The summed E-state index contributed by atoms with van der Waals surface area (Å²) in [4.78, 5) is 25.5. The third-order valence-electron chi connectivity index (χ3n) is 9.04. The molecule has 1 aromatic heterocycles. The van der Waals surface area contributed by atoms with Gasteiger partial charge in [-0.1, -0.05) is 17.7 Å². The van der Waals surface area contributed by atoms with Crippen molar-refractivity contribution < 1.29 is 37.7 Å². The number of aliphatic hydroxyl groups is 1. The molecule has 0 saturated carbocycles. The highest BCUT2D eigenvalue weighted by atomic mass is 35.5. The first-order valence-electron chi connectivity index (χ1n) is 15.4. The molecule has 1 amide bonds. The van der Waals surface area contributed by atoms with E-state index in [9.17, 15) is 19.4 Å². The number of phenols is 1. The van der Waals surface area contributed by atoms with Crippen LogP contribution in [0.25, 0.3) is 27.6 Å². The lowest BCUT2D eigenvalue weighted by Crippen LogP contribution is -2.43. The van der Waals surface area contributed by atoms with Gasteiger partial charge in [0.25, 0.3) is 0 Å². The normalized spacial score (nSPS) is 18.4. The molecule has 3 aromatic rings. The average molecular weight is 661 g/mol. The number of rotatable bonds is 6. The van der Waals surface area contributed by atoms with Crippen molar-refractivity contribution in [2.24, 2.45) is 0 Å². The van der Waals surface area contributed by atoms with Crippen LogP contribution in [0.1, 0.15) is 58.6 Å². The van der Waals surface area contributed by atoms with Gasteiger partial charge >= 0.3 is 12.1 Å². The number of benzene rings is 2. The summed E-state index contributed by atoms with van der Waals surface area (Å²) in [7, 11) is 0. The molecule has 6 rings (SSSR count). The predicted octanol–water partition coefficient (Wildman–Crippen LogP) is 6.47. The molecule has 2 N–H and O–H groups in total. The SMILES string of the molecule is CC(C)(C)OC(=O)N1CCC(c2nc(OCC34CCCN3CCC4)nc3c(F)c(-c4c(O)cccc4F)c(Cl)c(F)c23)=C(CO)C1.